The molecule has 0 spiro atoms. The van der Waals surface area contributed by atoms with Crippen molar-refractivity contribution < 1.29 is 13.2 Å². The average Bonchev–Trinajstić information content (AvgIpc) is 2.80. The summed E-state index contributed by atoms with van der Waals surface area (Å²) in [4.78, 5) is 9.14. The lowest BCUT2D eigenvalue weighted by molar-refractivity contribution is 0.0730. The summed E-state index contributed by atoms with van der Waals surface area (Å²) in [6, 6.07) is 13.4. The van der Waals surface area contributed by atoms with Crippen molar-refractivity contribution >= 4 is 15.8 Å². The van der Waals surface area contributed by atoms with Gasteiger partial charge in [0.05, 0.1) is 24.8 Å². The van der Waals surface area contributed by atoms with Crippen molar-refractivity contribution in [1.29, 1.82) is 5.26 Å². The van der Waals surface area contributed by atoms with Crippen LogP contribution in [0.4, 0.5) is 5.82 Å². The highest BCUT2D eigenvalue weighted by molar-refractivity contribution is 7.89. The van der Waals surface area contributed by atoms with E-state index in [0.29, 0.717) is 26.3 Å². The summed E-state index contributed by atoms with van der Waals surface area (Å²) < 4.78 is 32.2. The second-order valence-electron chi connectivity index (χ2n) is 7.40. The summed E-state index contributed by atoms with van der Waals surface area (Å²) >= 11 is 0. The van der Waals surface area contributed by atoms with E-state index in [1.165, 1.54) is 10.5 Å². The molecule has 0 radical (unpaired) electrons. The molecule has 30 heavy (non-hydrogen) atoms. The van der Waals surface area contributed by atoms with Crippen molar-refractivity contribution in [2.24, 2.45) is 0 Å². The Kier molecular flexibility index (Phi) is 6.29. The summed E-state index contributed by atoms with van der Waals surface area (Å²) in [5, 5.41) is 9.26. The molecule has 158 valence electrons. The van der Waals surface area contributed by atoms with E-state index in [9.17, 15) is 13.7 Å². The number of ether oxygens (including phenoxy) is 1. The van der Waals surface area contributed by atoms with Gasteiger partial charge in [-0.3, -0.25) is 4.90 Å². The van der Waals surface area contributed by atoms with Crippen molar-refractivity contribution in [2.45, 2.75) is 11.4 Å². The van der Waals surface area contributed by atoms with E-state index in [1.54, 1.807) is 12.1 Å². The van der Waals surface area contributed by atoms with Crippen LogP contribution in [-0.4, -0.2) is 75.1 Å². The standard InChI is InChI=1S/C21H25N5O3S/c22-15-18-3-1-2-4-19(18)17-24-7-9-25(10-8-24)21-6-5-20(16-23-21)30(27,28)26-11-13-29-14-12-26/h1-6,16H,7-14,17H2. The Labute approximate surface area is 177 Å². The van der Waals surface area contributed by atoms with E-state index in [2.05, 4.69) is 20.9 Å². The minimum absolute atomic E-state index is 0.222. The number of nitriles is 1. The van der Waals surface area contributed by atoms with Crippen molar-refractivity contribution in [3.05, 3.63) is 53.7 Å². The Morgan fingerprint density at radius 2 is 1.73 bits per heavy atom. The number of benzene rings is 1. The highest BCUT2D eigenvalue weighted by atomic mass is 32.2. The van der Waals surface area contributed by atoms with Crippen LogP contribution >= 0.6 is 0 Å². The fraction of sp³-hybridized carbons (Fsp3) is 0.429. The van der Waals surface area contributed by atoms with Gasteiger partial charge in [-0.05, 0) is 23.8 Å². The molecule has 2 fully saturated rings. The predicted molar refractivity (Wildman–Crippen MR) is 112 cm³/mol. The van der Waals surface area contributed by atoms with Crippen LogP contribution in [0.2, 0.25) is 0 Å². The van der Waals surface area contributed by atoms with Crippen LogP contribution in [0.15, 0.2) is 47.5 Å². The second-order valence-corrected chi connectivity index (χ2v) is 9.34. The Balaban J connectivity index is 1.36. The van der Waals surface area contributed by atoms with E-state index >= 15 is 0 Å². The molecule has 3 heterocycles. The summed E-state index contributed by atoms with van der Waals surface area (Å²) in [7, 11) is -3.52. The average molecular weight is 428 g/mol. The van der Waals surface area contributed by atoms with Gasteiger partial charge in [0.15, 0.2) is 0 Å². The monoisotopic (exact) mass is 427 g/mol. The molecule has 0 saturated carbocycles. The predicted octanol–water partition coefficient (Wildman–Crippen LogP) is 1.30. The molecule has 2 aliphatic heterocycles. The third kappa shape index (κ3) is 4.47. The van der Waals surface area contributed by atoms with Crippen LogP contribution in [0.5, 0.6) is 0 Å². The minimum Gasteiger partial charge on any atom is -0.379 e. The number of rotatable bonds is 5. The first-order valence-corrected chi connectivity index (χ1v) is 11.5. The molecule has 0 unspecified atom stereocenters. The SMILES string of the molecule is N#Cc1ccccc1CN1CCN(c2ccc(S(=O)(=O)N3CCOCC3)cn2)CC1. The van der Waals surface area contributed by atoms with Crippen molar-refractivity contribution in [1.82, 2.24) is 14.2 Å². The molecule has 1 aromatic carbocycles. The van der Waals surface area contributed by atoms with Gasteiger partial charge in [-0.2, -0.15) is 9.57 Å². The molecule has 2 aliphatic rings. The van der Waals surface area contributed by atoms with Crippen molar-refractivity contribution in [3.63, 3.8) is 0 Å². The van der Waals surface area contributed by atoms with Crippen LogP contribution in [0.25, 0.3) is 0 Å². The third-order valence-electron chi connectivity index (χ3n) is 5.56. The van der Waals surface area contributed by atoms with Crippen LogP contribution in [0.1, 0.15) is 11.1 Å². The highest BCUT2D eigenvalue weighted by Gasteiger charge is 2.27. The van der Waals surface area contributed by atoms with Crippen molar-refractivity contribution in [2.75, 3.05) is 57.4 Å². The van der Waals surface area contributed by atoms with Gasteiger partial charge in [0.1, 0.15) is 10.7 Å². The lowest BCUT2D eigenvalue weighted by atomic mass is 10.1. The quantitative estimate of drug-likeness (QED) is 0.710. The van der Waals surface area contributed by atoms with E-state index < -0.39 is 10.0 Å². The molecule has 2 saturated heterocycles. The van der Waals surface area contributed by atoms with Crippen LogP contribution < -0.4 is 4.90 Å². The Morgan fingerprint density at radius 3 is 2.40 bits per heavy atom. The number of nitrogens with zero attached hydrogens (tertiary/aromatic N) is 5. The van der Waals surface area contributed by atoms with E-state index in [4.69, 9.17) is 4.74 Å². The van der Waals surface area contributed by atoms with Gasteiger partial charge in [0, 0.05) is 52.0 Å². The zero-order valence-electron chi connectivity index (χ0n) is 16.8. The number of piperazine rings is 1. The number of sulfonamides is 1. The molecule has 0 bridgehead atoms. The molecule has 0 N–H and O–H groups in total. The lowest BCUT2D eigenvalue weighted by Crippen LogP contribution is -2.46. The first-order chi connectivity index (χ1) is 14.6. The lowest BCUT2D eigenvalue weighted by Gasteiger charge is -2.35. The van der Waals surface area contributed by atoms with Crippen LogP contribution in [0.3, 0.4) is 0 Å². The van der Waals surface area contributed by atoms with Gasteiger partial charge in [-0.25, -0.2) is 13.4 Å². The molecule has 4 rings (SSSR count). The first kappa shape index (κ1) is 20.8. The molecular formula is C21H25N5O3S. The Bertz CT molecular complexity index is 1010. The summed E-state index contributed by atoms with van der Waals surface area (Å²) in [6.45, 7) is 5.67. The van der Waals surface area contributed by atoms with Gasteiger partial charge in [-0.1, -0.05) is 18.2 Å². The van der Waals surface area contributed by atoms with Crippen LogP contribution in [-0.2, 0) is 21.3 Å². The number of anilines is 1. The number of morpholine rings is 1. The molecule has 8 nitrogen and oxygen atoms in total. The maximum atomic E-state index is 12.7. The van der Waals surface area contributed by atoms with Crippen molar-refractivity contribution in [3.8, 4) is 6.07 Å². The maximum absolute atomic E-state index is 12.7. The summed E-state index contributed by atoms with van der Waals surface area (Å²) in [5.74, 6) is 0.785. The molecule has 0 aliphatic carbocycles. The molecule has 9 heteroatoms. The smallest absolute Gasteiger partial charge is 0.244 e. The number of hydrogen-bond acceptors (Lipinski definition) is 7. The molecule has 1 aromatic heterocycles. The van der Waals surface area contributed by atoms with Gasteiger partial charge < -0.3 is 9.64 Å². The zero-order chi connectivity index (χ0) is 21.0. The Hall–Kier alpha value is -2.51. The van der Waals surface area contributed by atoms with Crippen LogP contribution in [0, 0.1) is 11.3 Å². The van der Waals surface area contributed by atoms with E-state index in [1.807, 2.05) is 24.3 Å². The molecule has 2 aromatic rings. The van der Waals surface area contributed by atoms with E-state index in [-0.39, 0.29) is 4.90 Å². The topological polar surface area (TPSA) is 89.8 Å². The number of pyridine rings is 1. The molecule has 0 amide bonds. The molecular weight excluding hydrogens is 402 g/mol. The third-order valence-corrected chi connectivity index (χ3v) is 7.44. The normalized spacial score (nSPS) is 18.8. The fourth-order valence-electron chi connectivity index (χ4n) is 3.79. The van der Waals surface area contributed by atoms with Gasteiger partial charge in [-0.15, -0.1) is 0 Å². The largest absolute Gasteiger partial charge is 0.379 e. The van der Waals surface area contributed by atoms with Gasteiger partial charge in [0.25, 0.3) is 0 Å². The second kappa shape index (κ2) is 9.10. The summed E-state index contributed by atoms with van der Waals surface area (Å²) in [5.41, 5.74) is 1.77. The number of aromatic nitrogens is 1. The fourth-order valence-corrected chi connectivity index (χ4v) is 5.15. The number of hydrogen-bond donors (Lipinski definition) is 0. The van der Waals surface area contributed by atoms with Gasteiger partial charge >= 0.3 is 0 Å². The molecule has 0 atom stereocenters. The first-order valence-electron chi connectivity index (χ1n) is 10.1. The Morgan fingerprint density at radius 1 is 1.00 bits per heavy atom. The minimum atomic E-state index is -3.52. The maximum Gasteiger partial charge on any atom is 0.244 e. The van der Waals surface area contributed by atoms with E-state index in [0.717, 1.165) is 49.7 Å². The zero-order valence-corrected chi connectivity index (χ0v) is 17.6. The highest BCUT2D eigenvalue weighted by Crippen LogP contribution is 2.21. The summed E-state index contributed by atoms with van der Waals surface area (Å²) in [6.07, 6.45) is 1.45. The van der Waals surface area contributed by atoms with Gasteiger partial charge in [0.2, 0.25) is 10.0 Å².